The van der Waals surface area contributed by atoms with Crippen LogP contribution in [0.15, 0.2) is 15.9 Å². The maximum Gasteiger partial charge on any atom is 0.0701 e. The summed E-state index contributed by atoms with van der Waals surface area (Å²) < 4.78 is 1.27. The monoisotopic (exact) mass is 325 g/mol. The molecule has 3 fully saturated rings. The zero-order chi connectivity index (χ0) is 12.3. The van der Waals surface area contributed by atoms with Crippen molar-refractivity contribution < 1.29 is 0 Å². The largest absolute Gasteiger partial charge is 0.309 e. The number of nitrogens with one attached hydrogen (secondary N) is 1. The van der Waals surface area contributed by atoms with Gasteiger partial charge in [-0.05, 0) is 83.5 Å². The lowest BCUT2D eigenvalue weighted by molar-refractivity contribution is 0.378. The van der Waals surface area contributed by atoms with Gasteiger partial charge in [0.1, 0.15) is 0 Å². The molecule has 18 heavy (non-hydrogen) atoms. The van der Waals surface area contributed by atoms with E-state index in [9.17, 15) is 0 Å². The van der Waals surface area contributed by atoms with Gasteiger partial charge in [0.05, 0.1) is 3.79 Å². The van der Waals surface area contributed by atoms with Crippen LogP contribution in [0.5, 0.6) is 0 Å². The molecule has 1 aromatic rings. The Morgan fingerprint density at radius 1 is 1.33 bits per heavy atom. The standard InChI is InChI=1S/C15H20BrNS/c1-2-17-15(10-5-6-11(16)18-10)14-12-8-3-4-9(7-8)13(12)14/h5-6,8-9,12-15,17H,2-4,7H2,1H3. The van der Waals surface area contributed by atoms with Gasteiger partial charge in [-0.1, -0.05) is 6.92 Å². The smallest absolute Gasteiger partial charge is 0.0701 e. The zero-order valence-corrected chi connectivity index (χ0v) is 13.1. The van der Waals surface area contributed by atoms with Gasteiger partial charge in [-0.25, -0.2) is 0 Å². The van der Waals surface area contributed by atoms with Gasteiger partial charge in [0.15, 0.2) is 0 Å². The van der Waals surface area contributed by atoms with E-state index >= 15 is 0 Å². The molecule has 3 saturated carbocycles. The van der Waals surface area contributed by atoms with Crippen LogP contribution in [0.1, 0.15) is 37.1 Å². The van der Waals surface area contributed by atoms with Crippen molar-refractivity contribution >= 4 is 27.3 Å². The second-order valence-electron chi connectivity index (χ2n) is 6.24. The molecule has 5 unspecified atom stereocenters. The second-order valence-corrected chi connectivity index (χ2v) is 8.74. The molecule has 3 aliphatic rings. The third-order valence-corrected chi connectivity index (χ3v) is 7.21. The molecule has 0 amide bonds. The van der Waals surface area contributed by atoms with E-state index in [4.69, 9.17) is 0 Å². The van der Waals surface area contributed by atoms with Crippen LogP contribution in [0.25, 0.3) is 0 Å². The van der Waals surface area contributed by atoms with Crippen molar-refractivity contribution in [3.05, 3.63) is 20.8 Å². The number of halogens is 1. The van der Waals surface area contributed by atoms with Crippen molar-refractivity contribution in [3.63, 3.8) is 0 Å². The van der Waals surface area contributed by atoms with Crippen molar-refractivity contribution in [2.24, 2.45) is 29.6 Å². The summed E-state index contributed by atoms with van der Waals surface area (Å²) in [7, 11) is 0. The van der Waals surface area contributed by atoms with Crippen molar-refractivity contribution in [1.29, 1.82) is 0 Å². The molecular formula is C15H20BrNS. The summed E-state index contributed by atoms with van der Waals surface area (Å²) in [6.45, 7) is 3.33. The highest BCUT2D eigenvalue weighted by molar-refractivity contribution is 9.11. The highest BCUT2D eigenvalue weighted by Crippen LogP contribution is 2.72. The van der Waals surface area contributed by atoms with Crippen LogP contribution < -0.4 is 5.32 Å². The first-order chi connectivity index (χ1) is 8.79. The lowest BCUT2D eigenvalue weighted by atomic mass is 9.96. The lowest BCUT2D eigenvalue weighted by Crippen LogP contribution is -2.24. The van der Waals surface area contributed by atoms with E-state index in [2.05, 4.69) is 40.3 Å². The van der Waals surface area contributed by atoms with Gasteiger partial charge >= 0.3 is 0 Å². The molecule has 1 nitrogen and oxygen atoms in total. The lowest BCUT2D eigenvalue weighted by Gasteiger charge is -2.20. The first kappa shape index (κ1) is 11.9. The summed E-state index contributed by atoms with van der Waals surface area (Å²) in [5.41, 5.74) is 0. The predicted molar refractivity (Wildman–Crippen MR) is 79.7 cm³/mol. The maximum absolute atomic E-state index is 3.76. The molecular weight excluding hydrogens is 306 g/mol. The molecule has 5 atom stereocenters. The topological polar surface area (TPSA) is 12.0 Å². The Morgan fingerprint density at radius 2 is 2.06 bits per heavy atom. The molecule has 0 aliphatic heterocycles. The van der Waals surface area contributed by atoms with Crippen molar-refractivity contribution in [1.82, 2.24) is 5.32 Å². The molecule has 1 heterocycles. The molecule has 0 radical (unpaired) electrons. The fourth-order valence-corrected chi connectivity index (χ4v) is 6.54. The third kappa shape index (κ3) is 1.66. The molecule has 0 spiro atoms. The molecule has 0 saturated heterocycles. The Labute approximate surface area is 121 Å². The number of hydrogen-bond acceptors (Lipinski definition) is 2. The number of rotatable bonds is 4. The quantitative estimate of drug-likeness (QED) is 0.862. The second kappa shape index (κ2) is 4.32. The van der Waals surface area contributed by atoms with Gasteiger partial charge < -0.3 is 5.32 Å². The summed E-state index contributed by atoms with van der Waals surface area (Å²) in [6.07, 6.45) is 4.60. The van der Waals surface area contributed by atoms with E-state index < -0.39 is 0 Å². The normalized spacial score (nSPS) is 42.0. The summed E-state index contributed by atoms with van der Waals surface area (Å²) in [4.78, 5) is 1.54. The fraction of sp³-hybridized carbons (Fsp3) is 0.733. The maximum atomic E-state index is 3.76. The minimum absolute atomic E-state index is 0.629. The average molecular weight is 326 g/mol. The van der Waals surface area contributed by atoms with Gasteiger partial charge in [0.25, 0.3) is 0 Å². The highest BCUT2D eigenvalue weighted by atomic mass is 79.9. The van der Waals surface area contributed by atoms with Gasteiger partial charge in [0, 0.05) is 10.9 Å². The average Bonchev–Trinajstić information content (AvgIpc) is 2.73. The Kier molecular flexibility index (Phi) is 2.86. The van der Waals surface area contributed by atoms with Crippen molar-refractivity contribution in [2.45, 2.75) is 32.2 Å². The van der Waals surface area contributed by atoms with E-state index in [0.29, 0.717) is 6.04 Å². The Bertz CT molecular complexity index is 441. The van der Waals surface area contributed by atoms with E-state index in [1.807, 2.05) is 11.3 Å². The molecule has 1 aromatic heterocycles. The number of hydrogen-bond donors (Lipinski definition) is 1. The molecule has 1 N–H and O–H groups in total. The van der Waals surface area contributed by atoms with E-state index in [-0.39, 0.29) is 0 Å². The molecule has 4 rings (SSSR count). The summed E-state index contributed by atoms with van der Waals surface area (Å²) >= 11 is 5.53. The van der Waals surface area contributed by atoms with Crippen LogP contribution in [0.3, 0.4) is 0 Å². The predicted octanol–water partition coefficient (Wildman–Crippen LogP) is 4.45. The first-order valence-electron chi connectivity index (χ1n) is 7.28. The van der Waals surface area contributed by atoms with Crippen LogP contribution in [0.2, 0.25) is 0 Å². The van der Waals surface area contributed by atoms with Crippen molar-refractivity contribution in [2.75, 3.05) is 6.54 Å². The van der Waals surface area contributed by atoms with E-state index in [1.165, 1.54) is 16.6 Å². The minimum atomic E-state index is 0.629. The van der Waals surface area contributed by atoms with Crippen LogP contribution in [0, 0.1) is 29.6 Å². The fourth-order valence-electron chi connectivity index (χ4n) is 4.98. The molecule has 3 aliphatic carbocycles. The third-order valence-electron chi connectivity index (χ3n) is 5.50. The van der Waals surface area contributed by atoms with Gasteiger partial charge in [-0.2, -0.15) is 0 Å². The molecule has 0 aromatic carbocycles. The first-order valence-corrected chi connectivity index (χ1v) is 8.89. The van der Waals surface area contributed by atoms with Gasteiger partial charge in [-0.3, -0.25) is 0 Å². The van der Waals surface area contributed by atoms with Crippen LogP contribution in [0.4, 0.5) is 0 Å². The highest BCUT2D eigenvalue weighted by Gasteiger charge is 2.66. The minimum Gasteiger partial charge on any atom is -0.309 e. The summed E-state index contributed by atoms with van der Waals surface area (Å²) in [5, 5.41) is 3.76. The summed E-state index contributed by atoms with van der Waals surface area (Å²) in [5.74, 6) is 5.23. The Hall–Kier alpha value is 0.140. The van der Waals surface area contributed by atoms with Crippen LogP contribution in [-0.4, -0.2) is 6.54 Å². The van der Waals surface area contributed by atoms with E-state index in [0.717, 1.165) is 36.1 Å². The van der Waals surface area contributed by atoms with Gasteiger partial charge in [-0.15, -0.1) is 11.3 Å². The van der Waals surface area contributed by atoms with Crippen molar-refractivity contribution in [3.8, 4) is 0 Å². The van der Waals surface area contributed by atoms with Crippen LogP contribution >= 0.6 is 27.3 Å². The SMILES string of the molecule is CCNC(c1ccc(Br)s1)C1C2C3CCC(C3)C21. The zero-order valence-electron chi connectivity index (χ0n) is 10.7. The van der Waals surface area contributed by atoms with Crippen LogP contribution in [-0.2, 0) is 0 Å². The number of fused-ring (bicyclic) bond motifs is 5. The molecule has 3 heteroatoms. The molecule has 2 bridgehead atoms. The number of thiophene rings is 1. The van der Waals surface area contributed by atoms with E-state index in [1.54, 1.807) is 11.3 Å². The van der Waals surface area contributed by atoms with Gasteiger partial charge in [0.2, 0.25) is 0 Å². The Morgan fingerprint density at radius 3 is 2.61 bits per heavy atom. The molecule has 98 valence electrons. The summed E-state index contributed by atoms with van der Waals surface area (Å²) in [6, 6.07) is 5.15. The Balaban J connectivity index is 1.58.